The van der Waals surface area contributed by atoms with Crippen molar-refractivity contribution in [2.45, 2.75) is 96.8 Å². The molecule has 0 radical (unpaired) electrons. The van der Waals surface area contributed by atoms with Gasteiger partial charge in [0.05, 0.1) is 7.11 Å². The van der Waals surface area contributed by atoms with E-state index in [0.29, 0.717) is 6.42 Å². The fraction of sp³-hybridized carbons (Fsp3) is 0.842. The summed E-state index contributed by atoms with van der Waals surface area (Å²) in [5, 5.41) is 0. The highest BCUT2D eigenvalue weighted by Gasteiger charge is 1.98. The highest BCUT2D eigenvalue weighted by atomic mass is 16.5. The summed E-state index contributed by atoms with van der Waals surface area (Å²) < 4.78 is 4.62. The molecule has 0 aromatic carbocycles. The van der Waals surface area contributed by atoms with E-state index in [0.717, 1.165) is 12.8 Å². The molecule has 0 aliphatic carbocycles. The van der Waals surface area contributed by atoms with Crippen LogP contribution in [0.1, 0.15) is 96.8 Å². The quantitative estimate of drug-likeness (QED) is 0.204. The smallest absolute Gasteiger partial charge is 0.305 e. The molecule has 0 aliphatic heterocycles. The van der Waals surface area contributed by atoms with E-state index < -0.39 is 0 Å². The number of hydrogen-bond donors (Lipinski definition) is 0. The summed E-state index contributed by atoms with van der Waals surface area (Å²) in [6.07, 6.45) is 22.0. The molecule has 0 aromatic heterocycles. The Kier molecular flexibility index (Phi) is 16.6. The third-order valence-corrected chi connectivity index (χ3v) is 3.87. The molecule has 0 fully saturated rings. The summed E-state index contributed by atoms with van der Waals surface area (Å²) in [5.74, 6) is -0.0791. The van der Waals surface area contributed by atoms with Crippen LogP contribution >= 0.6 is 0 Å². The summed E-state index contributed by atoms with van der Waals surface area (Å²) in [7, 11) is 1.46. The van der Waals surface area contributed by atoms with Crippen LogP contribution in [0.3, 0.4) is 0 Å². The van der Waals surface area contributed by atoms with Crippen LogP contribution in [0.4, 0.5) is 0 Å². The lowest BCUT2D eigenvalue weighted by Gasteiger charge is -2.00. The minimum Gasteiger partial charge on any atom is -0.469 e. The summed E-state index contributed by atoms with van der Waals surface area (Å²) in [5.41, 5.74) is 0. The van der Waals surface area contributed by atoms with E-state index in [1.54, 1.807) is 0 Å². The summed E-state index contributed by atoms with van der Waals surface area (Å²) >= 11 is 0. The summed E-state index contributed by atoms with van der Waals surface area (Å²) in [6.45, 7) is 2.27. The molecule has 0 saturated carbocycles. The number of carbonyl (C=O) groups excluding carboxylic acids is 1. The van der Waals surface area contributed by atoms with E-state index in [9.17, 15) is 4.79 Å². The van der Waals surface area contributed by atoms with Gasteiger partial charge in [0.1, 0.15) is 0 Å². The molecule has 0 spiro atoms. The predicted molar refractivity (Wildman–Crippen MR) is 91.5 cm³/mol. The molecule has 0 atom stereocenters. The van der Waals surface area contributed by atoms with Crippen LogP contribution in [0, 0.1) is 0 Å². The second kappa shape index (κ2) is 17.3. The van der Waals surface area contributed by atoms with Gasteiger partial charge in [0.15, 0.2) is 0 Å². The first-order chi connectivity index (χ1) is 10.3. The topological polar surface area (TPSA) is 26.3 Å². The van der Waals surface area contributed by atoms with Crippen molar-refractivity contribution in [3.05, 3.63) is 12.2 Å². The van der Waals surface area contributed by atoms with E-state index >= 15 is 0 Å². The Balaban J connectivity index is 3.10. The van der Waals surface area contributed by atoms with Crippen molar-refractivity contribution in [2.24, 2.45) is 0 Å². The highest BCUT2D eigenvalue weighted by Crippen LogP contribution is 2.10. The Bertz CT molecular complexity index is 246. The van der Waals surface area contributed by atoms with Gasteiger partial charge in [0.2, 0.25) is 0 Å². The first-order valence-electron chi connectivity index (χ1n) is 9.03. The van der Waals surface area contributed by atoms with Crippen molar-refractivity contribution in [3.8, 4) is 0 Å². The van der Waals surface area contributed by atoms with Gasteiger partial charge in [-0.25, -0.2) is 0 Å². The molecule has 0 saturated heterocycles. The summed E-state index contributed by atoms with van der Waals surface area (Å²) in [6, 6.07) is 0. The molecule has 0 amide bonds. The molecule has 0 bridgehead atoms. The van der Waals surface area contributed by atoms with Crippen LogP contribution in [-0.2, 0) is 9.53 Å². The average Bonchev–Trinajstić information content (AvgIpc) is 2.50. The van der Waals surface area contributed by atoms with Gasteiger partial charge in [0.25, 0.3) is 0 Å². The third-order valence-electron chi connectivity index (χ3n) is 3.87. The number of ether oxygens (including phenoxy) is 1. The second-order valence-electron chi connectivity index (χ2n) is 5.91. The SMILES string of the molecule is CCCCCCCCC/C=C/CCCCCCC(=O)OC. The molecule has 0 unspecified atom stereocenters. The van der Waals surface area contributed by atoms with Crippen LogP contribution in [0.2, 0.25) is 0 Å². The van der Waals surface area contributed by atoms with Gasteiger partial charge >= 0.3 is 5.97 Å². The third kappa shape index (κ3) is 17.2. The Morgan fingerprint density at radius 2 is 1.24 bits per heavy atom. The minimum absolute atomic E-state index is 0.0791. The van der Waals surface area contributed by atoms with Gasteiger partial charge in [-0.2, -0.15) is 0 Å². The van der Waals surface area contributed by atoms with Crippen molar-refractivity contribution < 1.29 is 9.53 Å². The monoisotopic (exact) mass is 296 g/mol. The van der Waals surface area contributed by atoms with Crippen molar-refractivity contribution in [2.75, 3.05) is 7.11 Å². The first-order valence-corrected chi connectivity index (χ1v) is 9.03. The van der Waals surface area contributed by atoms with E-state index in [-0.39, 0.29) is 5.97 Å². The van der Waals surface area contributed by atoms with Crippen LogP contribution in [0.15, 0.2) is 12.2 Å². The number of hydrogen-bond acceptors (Lipinski definition) is 2. The van der Waals surface area contributed by atoms with Gasteiger partial charge in [-0.05, 0) is 32.1 Å². The van der Waals surface area contributed by atoms with Crippen LogP contribution in [0.25, 0.3) is 0 Å². The normalized spacial score (nSPS) is 11.1. The molecule has 0 aliphatic rings. The molecule has 0 heterocycles. The van der Waals surface area contributed by atoms with E-state index in [1.807, 2.05) is 0 Å². The lowest BCUT2D eigenvalue weighted by atomic mass is 10.1. The lowest BCUT2D eigenvalue weighted by molar-refractivity contribution is -0.140. The second-order valence-corrected chi connectivity index (χ2v) is 5.91. The van der Waals surface area contributed by atoms with E-state index in [2.05, 4.69) is 23.8 Å². The highest BCUT2D eigenvalue weighted by molar-refractivity contribution is 5.68. The fourth-order valence-corrected chi connectivity index (χ4v) is 2.44. The Hall–Kier alpha value is -0.790. The number of carbonyl (C=O) groups is 1. The molecule has 2 nitrogen and oxygen atoms in total. The molecule has 0 N–H and O–H groups in total. The van der Waals surface area contributed by atoms with Crippen LogP contribution in [0.5, 0.6) is 0 Å². The first kappa shape index (κ1) is 20.2. The standard InChI is InChI=1S/C19H36O2/c1-3-4-5-6-7-8-9-10-11-12-13-14-15-16-17-18-19(20)21-2/h11-12H,3-10,13-18H2,1-2H3/b12-11+. The van der Waals surface area contributed by atoms with Crippen molar-refractivity contribution >= 4 is 5.97 Å². The lowest BCUT2D eigenvalue weighted by Crippen LogP contribution is -1.98. The molecular weight excluding hydrogens is 260 g/mol. The van der Waals surface area contributed by atoms with Gasteiger partial charge in [-0.3, -0.25) is 4.79 Å². The zero-order valence-corrected chi connectivity index (χ0v) is 14.4. The maximum Gasteiger partial charge on any atom is 0.305 e. The number of allylic oxidation sites excluding steroid dienone is 2. The minimum atomic E-state index is -0.0791. The maximum atomic E-state index is 10.9. The molecule has 0 aromatic rings. The van der Waals surface area contributed by atoms with Gasteiger partial charge < -0.3 is 4.74 Å². The van der Waals surface area contributed by atoms with E-state index in [1.165, 1.54) is 77.7 Å². The van der Waals surface area contributed by atoms with Crippen molar-refractivity contribution in [3.63, 3.8) is 0 Å². The van der Waals surface area contributed by atoms with E-state index in [4.69, 9.17) is 0 Å². The zero-order valence-electron chi connectivity index (χ0n) is 14.4. The summed E-state index contributed by atoms with van der Waals surface area (Å²) in [4.78, 5) is 10.9. The average molecular weight is 296 g/mol. The number of unbranched alkanes of at least 4 members (excludes halogenated alkanes) is 11. The molecule has 0 rings (SSSR count). The number of rotatable bonds is 15. The number of methoxy groups -OCH3 is 1. The Morgan fingerprint density at radius 3 is 1.76 bits per heavy atom. The molecular formula is C19H36O2. The largest absolute Gasteiger partial charge is 0.469 e. The van der Waals surface area contributed by atoms with Crippen molar-refractivity contribution in [1.29, 1.82) is 0 Å². The number of esters is 1. The van der Waals surface area contributed by atoms with Gasteiger partial charge in [-0.15, -0.1) is 0 Å². The van der Waals surface area contributed by atoms with Gasteiger partial charge in [0, 0.05) is 6.42 Å². The van der Waals surface area contributed by atoms with Crippen LogP contribution < -0.4 is 0 Å². The predicted octanol–water partition coefficient (Wildman–Crippen LogP) is 6.20. The Labute approximate surface area is 132 Å². The van der Waals surface area contributed by atoms with Crippen LogP contribution in [-0.4, -0.2) is 13.1 Å². The van der Waals surface area contributed by atoms with Gasteiger partial charge in [-0.1, -0.05) is 70.4 Å². The molecule has 2 heteroatoms. The maximum absolute atomic E-state index is 10.9. The molecule has 124 valence electrons. The fourth-order valence-electron chi connectivity index (χ4n) is 2.44. The molecule has 21 heavy (non-hydrogen) atoms. The van der Waals surface area contributed by atoms with Crippen molar-refractivity contribution in [1.82, 2.24) is 0 Å². The Morgan fingerprint density at radius 1 is 0.762 bits per heavy atom. The zero-order chi connectivity index (χ0) is 15.6.